The van der Waals surface area contributed by atoms with Crippen molar-refractivity contribution in [2.75, 3.05) is 0 Å². The van der Waals surface area contributed by atoms with E-state index < -0.39 is 78.7 Å². The van der Waals surface area contributed by atoms with Gasteiger partial charge >= 0.3 is 17.9 Å². The Balaban J connectivity index is 5.07. The Morgan fingerprint density at radius 2 is 1.40 bits per heavy atom. The van der Waals surface area contributed by atoms with Crippen LogP contribution in [0.4, 0.5) is 0 Å². The lowest BCUT2D eigenvalue weighted by Gasteiger charge is -2.23. The van der Waals surface area contributed by atoms with Crippen molar-refractivity contribution < 1.29 is 49.2 Å². The molecule has 0 aliphatic carbocycles. The summed E-state index contributed by atoms with van der Waals surface area (Å²) in [6.45, 7) is 2.31. The number of hydrogen-bond acceptors (Lipinski definition) is 8. The Morgan fingerprint density at radius 1 is 0.833 bits per heavy atom. The summed E-state index contributed by atoms with van der Waals surface area (Å²) in [5.74, 6) is -7.17. The number of aliphatic carboxylic acids is 3. The summed E-state index contributed by atoms with van der Waals surface area (Å²) < 4.78 is 0. The van der Waals surface area contributed by atoms with Crippen LogP contribution in [0.1, 0.15) is 33.1 Å². The van der Waals surface area contributed by atoms with Crippen molar-refractivity contribution in [1.29, 1.82) is 0 Å². The first kappa shape index (κ1) is 26.7. The zero-order valence-corrected chi connectivity index (χ0v) is 16.3. The summed E-state index contributed by atoms with van der Waals surface area (Å²) >= 11 is 0. The minimum atomic E-state index is -1.64. The van der Waals surface area contributed by atoms with Gasteiger partial charge in [0.05, 0.1) is 18.6 Å². The lowest BCUT2D eigenvalue weighted by molar-refractivity contribution is -0.145. The molecule has 14 heteroatoms. The lowest BCUT2D eigenvalue weighted by atomic mass is 10.1. The molecule has 0 heterocycles. The standard InChI is InChI=1S/C16H26N4O10/c1-6(13(26)20-12(7(2)21)16(29)30)18-15(28)9(5-11(24)25)19-14(27)8(17)3-4-10(22)23/h6-9,12,21H,3-5,17H2,1-2H3,(H,18,28)(H,19,27)(H,20,26)(H,22,23)(H,24,25)(H,29,30). The van der Waals surface area contributed by atoms with Gasteiger partial charge in [0, 0.05) is 6.42 Å². The molecule has 14 nitrogen and oxygen atoms in total. The third-order valence-electron chi connectivity index (χ3n) is 3.82. The minimum Gasteiger partial charge on any atom is -0.481 e. The van der Waals surface area contributed by atoms with E-state index in [4.69, 9.17) is 21.1 Å². The number of rotatable bonds is 13. The van der Waals surface area contributed by atoms with Crippen LogP contribution in [0.5, 0.6) is 0 Å². The molecule has 0 saturated heterocycles. The number of amides is 3. The largest absolute Gasteiger partial charge is 0.481 e. The Kier molecular flexibility index (Phi) is 11.0. The monoisotopic (exact) mass is 434 g/mol. The molecule has 0 fully saturated rings. The van der Waals surface area contributed by atoms with E-state index in [-0.39, 0.29) is 6.42 Å². The van der Waals surface area contributed by atoms with Crippen molar-refractivity contribution >= 4 is 35.6 Å². The molecule has 30 heavy (non-hydrogen) atoms. The maximum absolute atomic E-state index is 12.3. The van der Waals surface area contributed by atoms with Crippen molar-refractivity contribution in [3.05, 3.63) is 0 Å². The summed E-state index contributed by atoms with van der Waals surface area (Å²) in [7, 11) is 0. The van der Waals surface area contributed by atoms with Crippen molar-refractivity contribution in [2.45, 2.75) is 63.4 Å². The third-order valence-corrected chi connectivity index (χ3v) is 3.82. The highest BCUT2D eigenvalue weighted by atomic mass is 16.4. The van der Waals surface area contributed by atoms with Gasteiger partial charge in [0.15, 0.2) is 6.04 Å². The summed E-state index contributed by atoms with van der Waals surface area (Å²) in [5.41, 5.74) is 5.51. The highest BCUT2D eigenvalue weighted by Gasteiger charge is 2.31. The number of carbonyl (C=O) groups excluding carboxylic acids is 3. The van der Waals surface area contributed by atoms with Gasteiger partial charge in [0.2, 0.25) is 17.7 Å². The van der Waals surface area contributed by atoms with E-state index in [1.165, 1.54) is 6.92 Å². The molecular formula is C16H26N4O10. The van der Waals surface area contributed by atoms with Crippen molar-refractivity contribution in [3.8, 4) is 0 Å². The summed E-state index contributed by atoms with van der Waals surface area (Å²) in [4.78, 5) is 68.9. The SMILES string of the molecule is CC(NC(=O)C(CC(=O)O)NC(=O)C(N)CCC(=O)O)C(=O)NC(C(=O)O)C(C)O. The van der Waals surface area contributed by atoms with Crippen LogP contribution in [0.15, 0.2) is 0 Å². The molecule has 5 atom stereocenters. The summed E-state index contributed by atoms with van der Waals surface area (Å²) in [6.07, 6.45) is -2.96. The van der Waals surface area contributed by atoms with Gasteiger partial charge in [-0.05, 0) is 20.3 Å². The molecule has 0 aromatic carbocycles. The van der Waals surface area contributed by atoms with E-state index in [1.54, 1.807) is 0 Å². The molecule has 3 amide bonds. The smallest absolute Gasteiger partial charge is 0.328 e. The second-order valence-electron chi connectivity index (χ2n) is 6.49. The predicted molar refractivity (Wildman–Crippen MR) is 97.9 cm³/mol. The van der Waals surface area contributed by atoms with Gasteiger partial charge in [0.25, 0.3) is 0 Å². The molecule has 0 radical (unpaired) electrons. The van der Waals surface area contributed by atoms with E-state index in [1.807, 2.05) is 5.32 Å². The Morgan fingerprint density at radius 3 is 1.83 bits per heavy atom. The molecular weight excluding hydrogens is 408 g/mol. The molecule has 0 saturated carbocycles. The zero-order valence-electron chi connectivity index (χ0n) is 16.3. The molecule has 0 aromatic heterocycles. The van der Waals surface area contributed by atoms with E-state index in [9.17, 15) is 33.9 Å². The second-order valence-corrected chi connectivity index (χ2v) is 6.49. The molecule has 170 valence electrons. The molecule has 0 spiro atoms. The number of carboxylic acids is 3. The van der Waals surface area contributed by atoms with Gasteiger partial charge in [-0.1, -0.05) is 0 Å². The van der Waals surface area contributed by atoms with Crippen LogP contribution in [0.2, 0.25) is 0 Å². The molecule has 0 aromatic rings. The van der Waals surface area contributed by atoms with Gasteiger partial charge in [-0.25, -0.2) is 4.79 Å². The first-order chi connectivity index (χ1) is 13.8. The normalized spacial score (nSPS) is 15.6. The highest BCUT2D eigenvalue weighted by molar-refractivity contribution is 5.95. The van der Waals surface area contributed by atoms with Gasteiger partial charge in [-0.3, -0.25) is 24.0 Å². The van der Waals surface area contributed by atoms with Crippen LogP contribution in [-0.2, 0) is 28.8 Å². The van der Waals surface area contributed by atoms with Crippen LogP contribution < -0.4 is 21.7 Å². The second kappa shape index (κ2) is 12.3. The average molecular weight is 434 g/mol. The third kappa shape index (κ3) is 9.79. The van der Waals surface area contributed by atoms with E-state index in [0.29, 0.717) is 0 Å². The number of nitrogens with one attached hydrogen (secondary N) is 3. The van der Waals surface area contributed by atoms with Crippen molar-refractivity contribution in [2.24, 2.45) is 5.73 Å². The van der Waals surface area contributed by atoms with Gasteiger partial charge in [0.1, 0.15) is 12.1 Å². The van der Waals surface area contributed by atoms with E-state index in [2.05, 4.69) is 10.6 Å². The van der Waals surface area contributed by atoms with Crippen molar-refractivity contribution in [3.63, 3.8) is 0 Å². The first-order valence-electron chi connectivity index (χ1n) is 8.77. The summed E-state index contributed by atoms with van der Waals surface area (Å²) in [5, 5.41) is 42.1. The number of carboxylic acid groups (broad SMARTS) is 3. The number of aliphatic hydroxyl groups is 1. The topological polar surface area (TPSA) is 245 Å². The lowest BCUT2D eigenvalue weighted by Crippen LogP contribution is -2.57. The zero-order chi connectivity index (χ0) is 23.6. The molecule has 9 N–H and O–H groups in total. The van der Waals surface area contributed by atoms with Crippen LogP contribution >= 0.6 is 0 Å². The molecule has 0 bridgehead atoms. The fraction of sp³-hybridized carbons (Fsp3) is 0.625. The number of aliphatic hydroxyl groups excluding tert-OH is 1. The average Bonchev–Trinajstić information content (AvgIpc) is 2.61. The van der Waals surface area contributed by atoms with Gasteiger partial charge < -0.3 is 42.1 Å². The number of carbonyl (C=O) groups is 6. The van der Waals surface area contributed by atoms with E-state index >= 15 is 0 Å². The van der Waals surface area contributed by atoms with Crippen LogP contribution in [-0.4, -0.2) is 86.3 Å². The molecule has 0 aliphatic heterocycles. The van der Waals surface area contributed by atoms with Crippen LogP contribution in [0.3, 0.4) is 0 Å². The maximum atomic E-state index is 12.3. The Hall–Kier alpha value is -3.26. The predicted octanol–water partition coefficient (Wildman–Crippen LogP) is -3.41. The minimum absolute atomic E-state index is 0.253. The number of hydrogen-bond donors (Lipinski definition) is 8. The van der Waals surface area contributed by atoms with Crippen LogP contribution in [0.25, 0.3) is 0 Å². The molecule has 0 aliphatic rings. The molecule has 5 unspecified atom stereocenters. The quantitative estimate of drug-likeness (QED) is 0.142. The Bertz CT molecular complexity index is 681. The fourth-order valence-electron chi connectivity index (χ4n) is 2.12. The highest BCUT2D eigenvalue weighted by Crippen LogP contribution is 2.00. The van der Waals surface area contributed by atoms with Gasteiger partial charge in [-0.15, -0.1) is 0 Å². The maximum Gasteiger partial charge on any atom is 0.328 e. The first-order valence-corrected chi connectivity index (χ1v) is 8.77. The van der Waals surface area contributed by atoms with Gasteiger partial charge in [-0.2, -0.15) is 0 Å². The summed E-state index contributed by atoms with van der Waals surface area (Å²) in [6, 6.07) is -5.92. The van der Waals surface area contributed by atoms with Crippen molar-refractivity contribution in [1.82, 2.24) is 16.0 Å². The van der Waals surface area contributed by atoms with E-state index in [0.717, 1.165) is 6.92 Å². The molecule has 0 rings (SSSR count). The fourth-order valence-corrected chi connectivity index (χ4v) is 2.12. The Labute approximate surface area is 170 Å². The number of nitrogens with two attached hydrogens (primary N) is 1. The van der Waals surface area contributed by atoms with Crippen LogP contribution in [0, 0.1) is 0 Å².